The van der Waals surface area contributed by atoms with E-state index in [0.717, 1.165) is 31.6 Å². The van der Waals surface area contributed by atoms with E-state index in [1.165, 1.54) is 0 Å². The van der Waals surface area contributed by atoms with Gasteiger partial charge in [-0.15, -0.1) is 0 Å². The number of carbonyl (C=O) groups excluding carboxylic acids is 2. The Hall–Kier alpha value is -1.88. The quantitative estimate of drug-likeness (QED) is 0.376. The maximum Gasteiger partial charge on any atom is 0.338 e. The molecule has 0 bridgehead atoms. The van der Waals surface area contributed by atoms with Gasteiger partial charge in [0.25, 0.3) is 6.47 Å². The zero-order valence-electron chi connectivity index (χ0n) is 12.7. The molecule has 0 aliphatic carbocycles. The lowest BCUT2D eigenvalue weighted by atomic mass is 10.1. The second-order valence-corrected chi connectivity index (χ2v) is 4.62. The van der Waals surface area contributed by atoms with E-state index in [2.05, 4.69) is 23.5 Å². The molecule has 5 heteroatoms. The van der Waals surface area contributed by atoms with Gasteiger partial charge >= 0.3 is 5.97 Å². The molecule has 0 aliphatic rings. The third-order valence-corrected chi connectivity index (χ3v) is 3.25. The molecule has 0 N–H and O–H groups in total. The zero-order valence-corrected chi connectivity index (χ0v) is 12.7. The highest BCUT2D eigenvalue weighted by atomic mass is 16.5. The molecule has 0 fully saturated rings. The van der Waals surface area contributed by atoms with E-state index in [4.69, 9.17) is 4.74 Å². The SMILES string of the molecule is CCN(CC)CCCOC(=O)c1ccc(COC=O)cc1. The van der Waals surface area contributed by atoms with Crippen LogP contribution in [0.3, 0.4) is 0 Å². The standard InChI is InChI=1S/C16H23NO4/c1-3-17(4-2)10-5-11-21-16(19)15-8-6-14(7-9-15)12-20-13-18/h6-9,13H,3-5,10-12H2,1-2H3. The number of hydrogen-bond donors (Lipinski definition) is 0. The molecule has 0 amide bonds. The minimum atomic E-state index is -0.322. The molecule has 0 radical (unpaired) electrons. The van der Waals surface area contributed by atoms with Crippen molar-refractivity contribution in [2.45, 2.75) is 26.9 Å². The summed E-state index contributed by atoms with van der Waals surface area (Å²) in [5.74, 6) is -0.322. The van der Waals surface area contributed by atoms with Crippen molar-refractivity contribution in [3.8, 4) is 0 Å². The second kappa shape index (κ2) is 9.94. The molecule has 0 spiro atoms. The van der Waals surface area contributed by atoms with Gasteiger partial charge in [-0.25, -0.2) is 4.79 Å². The Labute approximate surface area is 125 Å². The van der Waals surface area contributed by atoms with Crippen molar-refractivity contribution >= 4 is 12.4 Å². The van der Waals surface area contributed by atoms with E-state index in [9.17, 15) is 9.59 Å². The molecule has 0 aromatic heterocycles. The number of hydrogen-bond acceptors (Lipinski definition) is 5. The van der Waals surface area contributed by atoms with Gasteiger partial charge in [0.2, 0.25) is 0 Å². The highest BCUT2D eigenvalue weighted by molar-refractivity contribution is 5.89. The Morgan fingerprint density at radius 1 is 1.19 bits per heavy atom. The van der Waals surface area contributed by atoms with E-state index >= 15 is 0 Å². The smallest absolute Gasteiger partial charge is 0.338 e. The third kappa shape index (κ3) is 6.40. The molecular formula is C16H23NO4. The summed E-state index contributed by atoms with van der Waals surface area (Å²) >= 11 is 0. The Bertz CT molecular complexity index is 426. The van der Waals surface area contributed by atoms with Crippen LogP contribution in [0.15, 0.2) is 24.3 Å². The van der Waals surface area contributed by atoms with Crippen molar-refractivity contribution in [3.05, 3.63) is 35.4 Å². The molecule has 0 atom stereocenters. The van der Waals surface area contributed by atoms with Gasteiger partial charge in [0, 0.05) is 6.54 Å². The van der Waals surface area contributed by atoms with Crippen LogP contribution < -0.4 is 0 Å². The number of esters is 1. The van der Waals surface area contributed by atoms with E-state index in [0.29, 0.717) is 18.6 Å². The fourth-order valence-corrected chi connectivity index (χ4v) is 1.94. The fourth-order valence-electron chi connectivity index (χ4n) is 1.94. The molecule has 0 unspecified atom stereocenters. The van der Waals surface area contributed by atoms with E-state index < -0.39 is 0 Å². The summed E-state index contributed by atoms with van der Waals surface area (Å²) in [7, 11) is 0. The molecule has 5 nitrogen and oxygen atoms in total. The summed E-state index contributed by atoms with van der Waals surface area (Å²) in [5, 5.41) is 0. The average molecular weight is 293 g/mol. The summed E-state index contributed by atoms with van der Waals surface area (Å²) in [4.78, 5) is 24.2. The maximum absolute atomic E-state index is 11.8. The van der Waals surface area contributed by atoms with Crippen LogP contribution in [0.2, 0.25) is 0 Å². The van der Waals surface area contributed by atoms with E-state index in [1.807, 2.05) is 0 Å². The van der Waals surface area contributed by atoms with E-state index in [-0.39, 0.29) is 12.6 Å². The van der Waals surface area contributed by atoms with Crippen LogP contribution in [-0.4, -0.2) is 43.6 Å². The normalized spacial score (nSPS) is 10.4. The van der Waals surface area contributed by atoms with Gasteiger partial charge in [-0.05, 0) is 37.2 Å². The maximum atomic E-state index is 11.8. The fraction of sp³-hybridized carbons (Fsp3) is 0.500. The second-order valence-electron chi connectivity index (χ2n) is 4.62. The largest absolute Gasteiger partial charge is 0.463 e. The topological polar surface area (TPSA) is 55.8 Å². The summed E-state index contributed by atoms with van der Waals surface area (Å²) < 4.78 is 9.88. The molecule has 1 aromatic rings. The summed E-state index contributed by atoms with van der Waals surface area (Å²) in [6, 6.07) is 6.85. The Balaban J connectivity index is 2.33. The van der Waals surface area contributed by atoms with Crippen LogP contribution in [0.4, 0.5) is 0 Å². The molecule has 0 heterocycles. The molecular weight excluding hydrogens is 270 g/mol. The summed E-state index contributed by atoms with van der Waals surface area (Å²) in [5.41, 5.74) is 1.34. The van der Waals surface area contributed by atoms with Crippen LogP contribution in [0, 0.1) is 0 Å². The lowest BCUT2D eigenvalue weighted by Gasteiger charge is -2.17. The van der Waals surface area contributed by atoms with Gasteiger partial charge in [0.1, 0.15) is 6.61 Å². The molecule has 1 rings (SSSR count). The molecule has 0 saturated carbocycles. The number of carbonyl (C=O) groups is 2. The first kappa shape index (κ1) is 17.2. The van der Waals surface area contributed by atoms with Crippen LogP contribution in [0.25, 0.3) is 0 Å². The van der Waals surface area contributed by atoms with Crippen LogP contribution in [0.5, 0.6) is 0 Å². The highest BCUT2D eigenvalue weighted by Gasteiger charge is 2.07. The predicted molar refractivity (Wildman–Crippen MR) is 80.0 cm³/mol. The Kier molecular flexibility index (Phi) is 8.12. The number of benzene rings is 1. The predicted octanol–water partition coefficient (Wildman–Crippen LogP) is 2.25. The van der Waals surface area contributed by atoms with Gasteiger partial charge in [-0.1, -0.05) is 26.0 Å². The monoisotopic (exact) mass is 293 g/mol. The van der Waals surface area contributed by atoms with Gasteiger partial charge in [0.15, 0.2) is 0 Å². The molecule has 1 aromatic carbocycles. The van der Waals surface area contributed by atoms with Gasteiger partial charge in [-0.3, -0.25) is 4.79 Å². The minimum absolute atomic E-state index is 0.211. The van der Waals surface area contributed by atoms with E-state index in [1.54, 1.807) is 24.3 Å². The van der Waals surface area contributed by atoms with Crippen LogP contribution in [-0.2, 0) is 20.9 Å². The summed E-state index contributed by atoms with van der Waals surface area (Å²) in [6.07, 6.45) is 0.832. The summed E-state index contributed by atoms with van der Waals surface area (Å²) in [6.45, 7) is 8.22. The minimum Gasteiger partial charge on any atom is -0.463 e. The van der Waals surface area contributed by atoms with Crippen molar-refractivity contribution in [2.75, 3.05) is 26.2 Å². The first-order valence-corrected chi connectivity index (χ1v) is 7.24. The van der Waals surface area contributed by atoms with Gasteiger partial charge < -0.3 is 14.4 Å². The van der Waals surface area contributed by atoms with Crippen molar-refractivity contribution < 1.29 is 19.1 Å². The lowest BCUT2D eigenvalue weighted by molar-refractivity contribution is -0.129. The molecule has 116 valence electrons. The molecule has 0 saturated heterocycles. The first-order valence-electron chi connectivity index (χ1n) is 7.24. The van der Waals surface area contributed by atoms with Crippen molar-refractivity contribution in [3.63, 3.8) is 0 Å². The molecule has 21 heavy (non-hydrogen) atoms. The number of nitrogens with zero attached hydrogens (tertiary/aromatic N) is 1. The number of rotatable bonds is 10. The first-order chi connectivity index (χ1) is 10.2. The third-order valence-electron chi connectivity index (χ3n) is 3.25. The lowest BCUT2D eigenvalue weighted by Crippen LogP contribution is -2.25. The Morgan fingerprint density at radius 2 is 1.86 bits per heavy atom. The van der Waals surface area contributed by atoms with Crippen LogP contribution >= 0.6 is 0 Å². The van der Waals surface area contributed by atoms with Crippen LogP contribution in [0.1, 0.15) is 36.2 Å². The number of ether oxygens (including phenoxy) is 2. The van der Waals surface area contributed by atoms with Gasteiger partial charge in [-0.2, -0.15) is 0 Å². The Morgan fingerprint density at radius 3 is 2.43 bits per heavy atom. The van der Waals surface area contributed by atoms with Gasteiger partial charge in [0.05, 0.1) is 12.2 Å². The highest BCUT2D eigenvalue weighted by Crippen LogP contribution is 2.07. The van der Waals surface area contributed by atoms with Crippen molar-refractivity contribution in [1.82, 2.24) is 4.90 Å². The molecule has 0 aliphatic heterocycles. The average Bonchev–Trinajstić information content (AvgIpc) is 2.53. The van der Waals surface area contributed by atoms with Crippen molar-refractivity contribution in [1.29, 1.82) is 0 Å². The van der Waals surface area contributed by atoms with Crippen molar-refractivity contribution in [2.24, 2.45) is 0 Å². The zero-order chi connectivity index (χ0) is 15.5.